The van der Waals surface area contributed by atoms with Gasteiger partial charge in [0.15, 0.2) is 5.96 Å². The second-order valence-electron chi connectivity index (χ2n) is 6.29. The van der Waals surface area contributed by atoms with Gasteiger partial charge in [0.05, 0.1) is 6.20 Å². The van der Waals surface area contributed by atoms with E-state index in [4.69, 9.17) is 0 Å². The smallest absolute Gasteiger partial charge is 0.190 e. The summed E-state index contributed by atoms with van der Waals surface area (Å²) >= 11 is 0. The molecule has 2 N–H and O–H groups in total. The van der Waals surface area contributed by atoms with E-state index in [-0.39, 0.29) is 24.0 Å². The summed E-state index contributed by atoms with van der Waals surface area (Å²) < 4.78 is 1.84. The van der Waals surface area contributed by atoms with Gasteiger partial charge in [-0.05, 0) is 24.3 Å². The molecule has 1 aromatic heterocycles. The molecule has 0 radical (unpaired) electrons. The van der Waals surface area contributed by atoms with Crippen LogP contribution in [-0.2, 0) is 13.5 Å². The first-order chi connectivity index (χ1) is 10.6. The number of unbranched alkanes of at least 4 members (excludes halogenated alkanes) is 3. The van der Waals surface area contributed by atoms with Crippen LogP contribution in [0.25, 0.3) is 0 Å². The molecule has 134 valence electrons. The highest BCUT2D eigenvalue weighted by Crippen LogP contribution is 2.08. The molecule has 0 saturated heterocycles. The van der Waals surface area contributed by atoms with Gasteiger partial charge < -0.3 is 10.6 Å². The summed E-state index contributed by atoms with van der Waals surface area (Å²) in [5.41, 5.74) is 1.25. The molecule has 0 saturated carbocycles. The summed E-state index contributed by atoms with van der Waals surface area (Å²) in [6.45, 7) is 6.46. The maximum atomic E-state index is 4.26. The molecule has 0 amide bonds. The molecular formula is C17H34IN5. The van der Waals surface area contributed by atoms with Gasteiger partial charge in [-0.2, -0.15) is 5.10 Å². The van der Waals surface area contributed by atoms with Crippen molar-refractivity contribution in [2.45, 2.75) is 52.4 Å². The van der Waals surface area contributed by atoms with E-state index in [1.54, 1.807) is 0 Å². The van der Waals surface area contributed by atoms with Crippen molar-refractivity contribution in [1.29, 1.82) is 0 Å². The highest BCUT2D eigenvalue weighted by Gasteiger charge is 1.99. The van der Waals surface area contributed by atoms with Gasteiger partial charge in [0.1, 0.15) is 0 Å². The van der Waals surface area contributed by atoms with Crippen LogP contribution in [0.15, 0.2) is 17.4 Å². The number of hydrogen-bond donors (Lipinski definition) is 2. The summed E-state index contributed by atoms with van der Waals surface area (Å²) in [6.07, 6.45) is 11.5. The van der Waals surface area contributed by atoms with E-state index in [0.717, 1.165) is 31.4 Å². The molecule has 1 rings (SSSR count). The quantitative estimate of drug-likeness (QED) is 0.257. The number of nitrogens with zero attached hydrogens (tertiary/aromatic N) is 3. The molecule has 6 heteroatoms. The highest BCUT2D eigenvalue weighted by atomic mass is 127. The lowest BCUT2D eigenvalue weighted by atomic mass is 10.0. The fourth-order valence-corrected chi connectivity index (χ4v) is 2.38. The van der Waals surface area contributed by atoms with Gasteiger partial charge in [0.2, 0.25) is 0 Å². The van der Waals surface area contributed by atoms with E-state index < -0.39 is 0 Å². The van der Waals surface area contributed by atoms with Crippen molar-refractivity contribution in [3.05, 3.63) is 18.0 Å². The molecular weight excluding hydrogens is 401 g/mol. The standard InChI is InChI=1S/C17H33N5.HI/c1-15(2)9-7-5-6-8-11-19-17(18-3)20-12-10-16-13-21-22(4)14-16;/h13-15H,5-12H2,1-4H3,(H2,18,19,20);1H. The van der Waals surface area contributed by atoms with Crippen LogP contribution in [0.4, 0.5) is 0 Å². The molecule has 0 bridgehead atoms. The van der Waals surface area contributed by atoms with Crippen LogP contribution in [0.2, 0.25) is 0 Å². The van der Waals surface area contributed by atoms with Crippen molar-refractivity contribution in [2.75, 3.05) is 20.1 Å². The van der Waals surface area contributed by atoms with Crippen LogP contribution in [0, 0.1) is 5.92 Å². The van der Waals surface area contributed by atoms with Crippen LogP contribution in [0.3, 0.4) is 0 Å². The minimum Gasteiger partial charge on any atom is -0.356 e. The molecule has 0 fully saturated rings. The fourth-order valence-electron chi connectivity index (χ4n) is 2.38. The van der Waals surface area contributed by atoms with Gasteiger partial charge in [-0.3, -0.25) is 9.67 Å². The molecule has 1 aromatic rings. The van der Waals surface area contributed by atoms with Gasteiger partial charge in [0.25, 0.3) is 0 Å². The van der Waals surface area contributed by atoms with E-state index >= 15 is 0 Å². The molecule has 0 aliphatic rings. The summed E-state index contributed by atoms with van der Waals surface area (Å²) in [7, 11) is 3.76. The van der Waals surface area contributed by atoms with Gasteiger partial charge >= 0.3 is 0 Å². The Bertz CT molecular complexity index is 428. The SMILES string of the molecule is CN=C(NCCCCCCC(C)C)NCCc1cnn(C)c1.I. The lowest BCUT2D eigenvalue weighted by Gasteiger charge is -2.11. The van der Waals surface area contributed by atoms with Gasteiger partial charge in [-0.1, -0.05) is 39.5 Å². The molecule has 23 heavy (non-hydrogen) atoms. The Labute approximate surface area is 158 Å². The maximum Gasteiger partial charge on any atom is 0.190 e. The van der Waals surface area contributed by atoms with Gasteiger partial charge in [-0.25, -0.2) is 0 Å². The van der Waals surface area contributed by atoms with Crippen molar-refractivity contribution in [3.63, 3.8) is 0 Å². The summed E-state index contributed by atoms with van der Waals surface area (Å²) in [5, 5.41) is 10.9. The molecule has 0 aliphatic carbocycles. The maximum absolute atomic E-state index is 4.26. The third-order valence-corrected chi connectivity index (χ3v) is 3.69. The first-order valence-electron chi connectivity index (χ1n) is 8.54. The van der Waals surface area contributed by atoms with E-state index in [1.165, 1.54) is 37.7 Å². The van der Waals surface area contributed by atoms with E-state index in [0.29, 0.717) is 0 Å². The Morgan fingerprint density at radius 2 is 1.87 bits per heavy atom. The third-order valence-electron chi connectivity index (χ3n) is 3.69. The fraction of sp³-hybridized carbons (Fsp3) is 0.765. The molecule has 0 aliphatic heterocycles. The van der Waals surface area contributed by atoms with Crippen molar-refractivity contribution in [1.82, 2.24) is 20.4 Å². The van der Waals surface area contributed by atoms with Crippen LogP contribution in [-0.4, -0.2) is 35.9 Å². The topological polar surface area (TPSA) is 54.2 Å². The number of guanidine groups is 1. The normalized spacial score (nSPS) is 11.4. The lowest BCUT2D eigenvalue weighted by Crippen LogP contribution is -2.38. The average Bonchev–Trinajstić information content (AvgIpc) is 2.89. The zero-order valence-electron chi connectivity index (χ0n) is 15.1. The molecule has 5 nitrogen and oxygen atoms in total. The van der Waals surface area contributed by atoms with E-state index in [2.05, 4.69) is 40.8 Å². The lowest BCUT2D eigenvalue weighted by molar-refractivity contribution is 0.518. The molecule has 0 unspecified atom stereocenters. The van der Waals surface area contributed by atoms with Crippen molar-refractivity contribution >= 4 is 29.9 Å². The van der Waals surface area contributed by atoms with Gasteiger partial charge in [-0.15, -0.1) is 24.0 Å². The first-order valence-corrected chi connectivity index (χ1v) is 8.54. The summed E-state index contributed by atoms with van der Waals surface area (Å²) in [4.78, 5) is 4.26. The second-order valence-corrected chi connectivity index (χ2v) is 6.29. The predicted molar refractivity (Wildman–Crippen MR) is 110 cm³/mol. The summed E-state index contributed by atoms with van der Waals surface area (Å²) in [5.74, 6) is 1.73. The number of rotatable bonds is 10. The minimum atomic E-state index is 0. The molecule has 0 spiro atoms. The largest absolute Gasteiger partial charge is 0.356 e. The predicted octanol–water partition coefficient (Wildman–Crippen LogP) is 3.35. The van der Waals surface area contributed by atoms with Crippen molar-refractivity contribution in [2.24, 2.45) is 18.0 Å². The van der Waals surface area contributed by atoms with Crippen LogP contribution in [0.1, 0.15) is 51.5 Å². The Morgan fingerprint density at radius 1 is 1.17 bits per heavy atom. The van der Waals surface area contributed by atoms with Crippen LogP contribution < -0.4 is 10.6 Å². The zero-order valence-corrected chi connectivity index (χ0v) is 17.5. The number of halogens is 1. The monoisotopic (exact) mass is 435 g/mol. The number of hydrogen-bond acceptors (Lipinski definition) is 2. The van der Waals surface area contributed by atoms with E-state index in [1.807, 2.05) is 25.0 Å². The van der Waals surface area contributed by atoms with E-state index in [9.17, 15) is 0 Å². The summed E-state index contributed by atoms with van der Waals surface area (Å²) in [6, 6.07) is 0. The van der Waals surface area contributed by atoms with Crippen molar-refractivity contribution < 1.29 is 0 Å². The number of aryl methyl sites for hydroxylation is 1. The molecule has 0 aromatic carbocycles. The average molecular weight is 435 g/mol. The third kappa shape index (κ3) is 11.4. The Kier molecular flexibility index (Phi) is 13.2. The van der Waals surface area contributed by atoms with Crippen LogP contribution in [0.5, 0.6) is 0 Å². The Hall–Kier alpha value is -0.790. The Balaban J connectivity index is 0.00000484. The first kappa shape index (κ1) is 22.2. The van der Waals surface area contributed by atoms with Gasteiger partial charge in [0, 0.05) is 33.4 Å². The number of aliphatic imine (C=N–C) groups is 1. The van der Waals surface area contributed by atoms with Crippen LogP contribution >= 0.6 is 24.0 Å². The number of aromatic nitrogens is 2. The highest BCUT2D eigenvalue weighted by molar-refractivity contribution is 14.0. The molecule has 0 atom stereocenters. The number of nitrogens with one attached hydrogen (secondary N) is 2. The van der Waals surface area contributed by atoms with Crippen molar-refractivity contribution in [3.8, 4) is 0 Å². The zero-order chi connectivity index (χ0) is 16.2. The second kappa shape index (κ2) is 13.6. The minimum absolute atomic E-state index is 0. The molecule has 1 heterocycles. The Morgan fingerprint density at radius 3 is 2.48 bits per heavy atom.